The molecule has 1 aromatic carbocycles. The molecule has 0 aliphatic rings. The molecule has 1 heteroatoms. The normalized spacial score (nSPS) is 12.0. The summed E-state index contributed by atoms with van der Waals surface area (Å²) in [5.74, 6) is 0. The number of aryl methyl sites for hydroxylation is 1. The average molecular weight is 214 g/mol. The predicted octanol–water partition coefficient (Wildman–Crippen LogP) is 4.80. The number of benzene rings is 1. The summed E-state index contributed by atoms with van der Waals surface area (Å²) in [6.07, 6.45) is 3.91. The third-order valence-corrected chi connectivity index (χ3v) is 3.98. The Labute approximate surface area is 94.6 Å². The van der Waals surface area contributed by atoms with Crippen molar-refractivity contribution in [2.24, 2.45) is 0 Å². The van der Waals surface area contributed by atoms with Gasteiger partial charge in [-0.1, -0.05) is 36.9 Å². The molecule has 0 saturated heterocycles. The first-order valence-corrected chi connectivity index (χ1v) is 5.83. The number of fused-ring (bicyclic) bond motifs is 1. The second-order valence-corrected chi connectivity index (χ2v) is 4.69. The first-order valence-electron chi connectivity index (χ1n) is 5.02. The highest BCUT2D eigenvalue weighted by Crippen LogP contribution is 2.34. The van der Waals surface area contributed by atoms with Crippen molar-refractivity contribution in [3.05, 3.63) is 53.4 Å². The van der Waals surface area contributed by atoms with E-state index in [1.165, 1.54) is 26.1 Å². The van der Waals surface area contributed by atoms with Gasteiger partial charge in [-0.3, -0.25) is 0 Å². The molecule has 0 saturated carbocycles. The van der Waals surface area contributed by atoms with Crippen molar-refractivity contribution in [1.29, 1.82) is 0 Å². The lowest BCUT2D eigenvalue weighted by molar-refractivity contribution is 1.53. The fourth-order valence-electron chi connectivity index (χ4n) is 1.80. The zero-order chi connectivity index (χ0) is 10.8. The molecule has 0 aliphatic heterocycles. The van der Waals surface area contributed by atoms with Gasteiger partial charge in [0.15, 0.2) is 0 Å². The van der Waals surface area contributed by atoms with E-state index in [0.717, 1.165) is 0 Å². The molecule has 0 amide bonds. The number of rotatable bonds is 2. The highest BCUT2D eigenvalue weighted by Gasteiger charge is 2.08. The zero-order valence-electron chi connectivity index (χ0n) is 9.08. The standard InChI is InChI=1S/C14H14S/c1-4-7-10(2)14-11(3)12-8-5-6-9-13(12)15-14/h4-9H,1H2,2-3H3/b10-7-. The topological polar surface area (TPSA) is 0 Å². The summed E-state index contributed by atoms with van der Waals surface area (Å²) in [5, 5.41) is 1.37. The molecule has 0 unspecified atom stereocenters. The molecular formula is C14H14S. The van der Waals surface area contributed by atoms with Crippen LogP contribution in [0.15, 0.2) is 43.0 Å². The molecule has 1 aromatic heterocycles. The van der Waals surface area contributed by atoms with Crippen molar-refractivity contribution in [2.75, 3.05) is 0 Å². The van der Waals surface area contributed by atoms with E-state index in [1.54, 1.807) is 0 Å². The summed E-state index contributed by atoms with van der Waals surface area (Å²) < 4.78 is 1.36. The molecule has 2 rings (SSSR count). The van der Waals surface area contributed by atoms with Crippen molar-refractivity contribution in [3.63, 3.8) is 0 Å². The summed E-state index contributed by atoms with van der Waals surface area (Å²) in [7, 11) is 0. The van der Waals surface area contributed by atoms with E-state index in [2.05, 4.69) is 50.8 Å². The Hall–Kier alpha value is -1.34. The van der Waals surface area contributed by atoms with Crippen LogP contribution in [0.1, 0.15) is 17.4 Å². The third-order valence-electron chi connectivity index (χ3n) is 2.57. The van der Waals surface area contributed by atoms with Gasteiger partial charge in [0.1, 0.15) is 0 Å². The minimum absolute atomic E-state index is 1.30. The van der Waals surface area contributed by atoms with E-state index < -0.39 is 0 Å². The number of allylic oxidation sites excluding steroid dienone is 3. The van der Waals surface area contributed by atoms with E-state index in [0.29, 0.717) is 0 Å². The first kappa shape index (κ1) is 10.2. The molecule has 0 aliphatic carbocycles. The molecule has 0 nitrogen and oxygen atoms in total. The minimum Gasteiger partial charge on any atom is -0.135 e. The highest BCUT2D eigenvalue weighted by molar-refractivity contribution is 7.20. The van der Waals surface area contributed by atoms with Crippen molar-refractivity contribution >= 4 is 27.0 Å². The maximum Gasteiger partial charge on any atom is 0.0352 e. The van der Waals surface area contributed by atoms with E-state index >= 15 is 0 Å². The van der Waals surface area contributed by atoms with Crippen LogP contribution in [0.4, 0.5) is 0 Å². The predicted molar refractivity (Wildman–Crippen MR) is 70.4 cm³/mol. The maximum absolute atomic E-state index is 3.74. The van der Waals surface area contributed by atoms with Crippen molar-refractivity contribution < 1.29 is 0 Å². The molecule has 15 heavy (non-hydrogen) atoms. The Kier molecular flexibility index (Phi) is 2.74. The molecule has 0 spiro atoms. The first-order chi connectivity index (χ1) is 7.24. The lowest BCUT2D eigenvalue weighted by Gasteiger charge is -1.97. The minimum atomic E-state index is 1.30. The second-order valence-electron chi connectivity index (χ2n) is 3.64. The summed E-state index contributed by atoms with van der Waals surface area (Å²) in [4.78, 5) is 1.37. The lowest BCUT2D eigenvalue weighted by Crippen LogP contribution is -1.76. The van der Waals surface area contributed by atoms with Crippen LogP contribution in [0.5, 0.6) is 0 Å². The third kappa shape index (κ3) is 1.75. The Morgan fingerprint density at radius 1 is 1.33 bits per heavy atom. The van der Waals surface area contributed by atoms with Gasteiger partial charge in [0.2, 0.25) is 0 Å². The maximum atomic E-state index is 3.74. The highest BCUT2D eigenvalue weighted by atomic mass is 32.1. The molecule has 0 N–H and O–H groups in total. The molecule has 76 valence electrons. The zero-order valence-corrected chi connectivity index (χ0v) is 9.90. The van der Waals surface area contributed by atoms with E-state index in [-0.39, 0.29) is 0 Å². The molecule has 0 radical (unpaired) electrons. The van der Waals surface area contributed by atoms with E-state index in [9.17, 15) is 0 Å². The van der Waals surface area contributed by atoms with Crippen molar-refractivity contribution in [2.45, 2.75) is 13.8 Å². The lowest BCUT2D eigenvalue weighted by atomic mass is 10.1. The van der Waals surface area contributed by atoms with Crippen molar-refractivity contribution in [3.8, 4) is 0 Å². The van der Waals surface area contributed by atoms with Crippen LogP contribution < -0.4 is 0 Å². The molecular weight excluding hydrogens is 200 g/mol. The van der Waals surface area contributed by atoms with Gasteiger partial charge < -0.3 is 0 Å². The molecule has 0 atom stereocenters. The van der Waals surface area contributed by atoms with Gasteiger partial charge in [-0.15, -0.1) is 11.3 Å². The number of thiophene rings is 1. The Bertz CT molecular complexity index is 529. The Morgan fingerprint density at radius 3 is 2.73 bits per heavy atom. The van der Waals surface area contributed by atoms with Crippen LogP contribution in [0.2, 0.25) is 0 Å². The Balaban J connectivity index is 2.68. The van der Waals surface area contributed by atoms with E-state index in [1.807, 2.05) is 17.4 Å². The summed E-state index contributed by atoms with van der Waals surface area (Å²) in [6.45, 7) is 8.07. The fraction of sp³-hybridized carbons (Fsp3) is 0.143. The number of hydrogen-bond donors (Lipinski definition) is 0. The van der Waals surface area contributed by atoms with Gasteiger partial charge in [0.05, 0.1) is 0 Å². The Morgan fingerprint density at radius 2 is 2.07 bits per heavy atom. The summed E-state index contributed by atoms with van der Waals surface area (Å²) in [6, 6.07) is 8.55. The molecule has 2 aromatic rings. The van der Waals surface area contributed by atoms with Gasteiger partial charge >= 0.3 is 0 Å². The van der Waals surface area contributed by atoms with Crippen LogP contribution in [-0.4, -0.2) is 0 Å². The van der Waals surface area contributed by atoms with E-state index in [4.69, 9.17) is 0 Å². The van der Waals surface area contributed by atoms with Gasteiger partial charge in [-0.05, 0) is 36.4 Å². The van der Waals surface area contributed by atoms with Crippen LogP contribution in [0, 0.1) is 6.92 Å². The van der Waals surface area contributed by atoms with Gasteiger partial charge in [-0.25, -0.2) is 0 Å². The average Bonchev–Trinajstić information content (AvgIpc) is 2.57. The second kappa shape index (κ2) is 4.03. The molecule has 0 fully saturated rings. The number of hydrogen-bond acceptors (Lipinski definition) is 1. The van der Waals surface area contributed by atoms with Crippen LogP contribution >= 0.6 is 11.3 Å². The van der Waals surface area contributed by atoms with Gasteiger partial charge in [0.25, 0.3) is 0 Å². The van der Waals surface area contributed by atoms with Crippen molar-refractivity contribution in [1.82, 2.24) is 0 Å². The fourth-order valence-corrected chi connectivity index (χ4v) is 2.99. The SMILES string of the molecule is C=C/C=C(/C)c1sc2ccccc2c1C. The molecule has 1 heterocycles. The van der Waals surface area contributed by atoms with Crippen LogP contribution in [0.3, 0.4) is 0 Å². The van der Waals surface area contributed by atoms with Gasteiger partial charge in [-0.2, -0.15) is 0 Å². The summed E-state index contributed by atoms with van der Waals surface area (Å²) >= 11 is 1.86. The largest absolute Gasteiger partial charge is 0.135 e. The van der Waals surface area contributed by atoms with Gasteiger partial charge in [0, 0.05) is 9.58 Å². The van der Waals surface area contributed by atoms with Crippen LogP contribution in [-0.2, 0) is 0 Å². The molecule has 0 bridgehead atoms. The van der Waals surface area contributed by atoms with Crippen LogP contribution in [0.25, 0.3) is 15.7 Å². The quantitative estimate of drug-likeness (QED) is 0.630. The smallest absolute Gasteiger partial charge is 0.0352 e. The summed E-state index contributed by atoms with van der Waals surface area (Å²) in [5.41, 5.74) is 2.68. The monoisotopic (exact) mass is 214 g/mol.